The summed E-state index contributed by atoms with van der Waals surface area (Å²) in [5.74, 6) is 0.899. The van der Waals surface area contributed by atoms with Crippen molar-refractivity contribution >= 4 is 10.9 Å². The molecule has 0 aliphatic heterocycles. The Bertz CT molecular complexity index is 448. The van der Waals surface area contributed by atoms with E-state index >= 15 is 0 Å². The second kappa shape index (κ2) is 4.36. The van der Waals surface area contributed by atoms with E-state index in [0.29, 0.717) is 0 Å². The number of benzene rings is 1. The standard InChI is InChI=1S/C12H16N2O/c1-15-10-4-5-12-11(7-10)9(8-14-12)3-2-6-13/h4-5,7-8,14H,2-3,6,13H2,1H3. The molecular formula is C12H16N2O. The second-order valence-corrected chi connectivity index (χ2v) is 3.62. The molecule has 0 saturated heterocycles. The number of hydrogen-bond donors (Lipinski definition) is 2. The minimum atomic E-state index is 0.733. The Morgan fingerprint density at radius 3 is 3.00 bits per heavy atom. The largest absolute Gasteiger partial charge is 0.497 e. The van der Waals surface area contributed by atoms with Crippen LogP contribution in [0.3, 0.4) is 0 Å². The van der Waals surface area contributed by atoms with Crippen LogP contribution in [0.15, 0.2) is 24.4 Å². The van der Waals surface area contributed by atoms with E-state index in [1.807, 2.05) is 12.1 Å². The molecule has 0 atom stereocenters. The van der Waals surface area contributed by atoms with Crippen LogP contribution in [0.4, 0.5) is 0 Å². The topological polar surface area (TPSA) is 51.0 Å². The fraction of sp³-hybridized carbons (Fsp3) is 0.333. The molecule has 3 N–H and O–H groups in total. The van der Waals surface area contributed by atoms with Gasteiger partial charge in [-0.3, -0.25) is 0 Å². The van der Waals surface area contributed by atoms with Crippen molar-refractivity contribution < 1.29 is 4.74 Å². The third-order valence-electron chi connectivity index (χ3n) is 2.62. The van der Waals surface area contributed by atoms with Crippen molar-refractivity contribution in [2.24, 2.45) is 5.73 Å². The average Bonchev–Trinajstić information content (AvgIpc) is 2.68. The number of ether oxygens (including phenoxy) is 1. The van der Waals surface area contributed by atoms with E-state index in [0.717, 1.165) is 30.7 Å². The predicted molar refractivity (Wildman–Crippen MR) is 62.2 cm³/mol. The van der Waals surface area contributed by atoms with E-state index in [-0.39, 0.29) is 0 Å². The molecule has 0 saturated carbocycles. The molecular weight excluding hydrogens is 188 g/mol. The van der Waals surface area contributed by atoms with Gasteiger partial charge < -0.3 is 15.5 Å². The molecule has 1 aromatic heterocycles. The molecule has 1 heterocycles. The van der Waals surface area contributed by atoms with Crippen molar-refractivity contribution in [3.63, 3.8) is 0 Å². The van der Waals surface area contributed by atoms with Gasteiger partial charge in [0.1, 0.15) is 5.75 Å². The number of nitrogens with two attached hydrogens (primary N) is 1. The zero-order valence-corrected chi connectivity index (χ0v) is 8.92. The average molecular weight is 204 g/mol. The number of fused-ring (bicyclic) bond motifs is 1. The van der Waals surface area contributed by atoms with E-state index in [4.69, 9.17) is 10.5 Å². The molecule has 80 valence electrons. The van der Waals surface area contributed by atoms with Crippen molar-refractivity contribution in [1.29, 1.82) is 0 Å². The molecule has 0 fully saturated rings. The van der Waals surface area contributed by atoms with E-state index in [1.165, 1.54) is 10.9 Å². The number of aromatic amines is 1. The Hall–Kier alpha value is -1.48. The summed E-state index contributed by atoms with van der Waals surface area (Å²) in [4.78, 5) is 3.25. The van der Waals surface area contributed by atoms with Gasteiger partial charge in [0.2, 0.25) is 0 Å². The number of aryl methyl sites for hydroxylation is 1. The summed E-state index contributed by atoms with van der Waals surface area (Å²) in [6.07, 6.45) is 4.09. The molecule has 2 aromatic rings. The number of aromatic nitrogens is 1. The van der Waals surface area contributed by atoms with Crippen LogP contribution in [-0.4, -0.2) is 18.6 Å². The van der Waals surface area contributed by atoms with Gasteiger partial charge in [-0.05, 0) is 43.1 Å². The smallest absolute Gasteiger partial charge is 0.119 e. The highest BCUT2D eigenvalue weighted by Gasteiger charge is 2.04. The Labute approximate surface area is 89.2 Å². The molecule has 15 heavy (non-hydrogen) atoms. The van der Waals surface area contributed by atoms with Gasteiger partial charge in [-0.2, -0.15) is 0 Å². The third-order valence-corrected chi connectivity index (χ3v) is 2.62. The maximum atomic E-state index is 5.51. The molecule has 0 aliphatic carbocycles. The van der Waals surface area contributed by atoms with E-state index < -0.39 is 0 Å². The molecule has 0 unspecified atom stereocenters. The molecule has 0 radical (unpaired) electrons. The summed E-state index contributed by atoms with van der Waals surface area (Å²) in [5, 5.41) is 1.24. The number of hydrogen-bond acceptors (Lipinski definition) is 2. The van der Waals surface area contributed by atoms with Gasteiger partial charge in [0.25, 0.3) is 0 Å². The van der Waals surface area contributed by atoms with Gasteiger partial charge in [0.15, 0.2) is 0 Å². The van der Waals surface area contributed by atoms with Crippen molar-refractivity contribution in [1.82, 2.24) is 4.98 Å². The van der Waals surface area contributed by atoms with Crippen molar-refractivity contribution in [3.8, 4) is 5.75 Å². The molecule has 3 nitrogen and oxygen atoms in total. The van der Waals surface area contributed by atoms with Crippen LogP contribution < -0.4 is 10.5 Å². The first kappa shape index (κ1) is 10.1. The summed E-state index contributed by atoms with van der Waals surface area (Å²) in [6.45, 7) is 0.733. The van der Waals surface area contributed by atoms with Gasteiger partial charge in [0.05, 0.1) is 7.11 Å². The molecule has 0 amide bonds. The lowest BCUT2D eigenvalue weighted by Gasteiger charge is -2.01. The minimum Gasteiger partial charge on any atom is -0.497 e. The predicted octanol–water partition coefficient (Wildman–Crippen LogP) is 2.07. The molecule has 0 aliphatic rings. The van der Waals surface area contributed by atoms with Crippen LogP contribution in [0, 0.1) is 0 Å². The first-order valence-corrected chi connectivity index (χ1v) is 5.19. The zero-order valence-electron chi connectivity index (χ0n) is 8.92. The summed E-state index contributed by atoms with van der Waals surface area (Å²) >= 11 is 0. The highest BCUT2D eigenvalue weighted by atomic mass is 16.5. The molecule has 1 aromatic carbocycles. The molecule has 3 heteroatoms. The van der Waals surface area contributed by atoms with Gasteiger partial charge in [-0.25, -0.2) is 0 Å². The molecule has 0 spiro atoms. The van der Waals surface area contributed by atoms with Gasteiger partial charge in [0, 0.05) is 17.1 Å². The normalized spacial score (nSPS) is 10.8. The fourth-order valence-electron chi connectivity index (χ4n) is 1.78. The van der Waals surface area contributed by atoms with Crippen LogP contribution in [0.2, 0.25) is 0 Å². The minimum absolute atomic E-state index is 0.733. The number of methoxy groups -OCH3 is 1. The van der Waals surface area contributed by atoms with Gasteiger partial charge >= 0.3 is 0 Å². The first-order chi connectivity index (χ1) is 7.35. The number of nitrogens with one attached hydrogen (secondary N) is 1. The summed E-state index contributed by atoms with van der Waals surface area (Å²) in [7, 11) is 1.69. The number of H-pyrrole nitrogens is 1. The number of rotatable bonds is 4. The lowest BCUT2D eigenvalue weighted by Crippen LogP contribution is -1.99. The van der Waals surface area contributed by atoms with Crippen LogP contribution in [-0.2, 0) is 6.42 Å². The monoisotopic (exact) mass is 204 g/mol. The Morgan fingerprint density at radius 1 is 1.40 bits per heavy atom. The SMILES string of the molecule is COc1ccc2[nH]cc(CCCN)c2c1. The Kier molecular flexibility index (Phi) is 2.92. The van der Waals surface area contributed by atoms with E-state index in [9.17, 15) is 0 Å². The maximum Gasteiger partial charge on any atom is 0.119 e. The lowest BCUT2D eigenvalue weighted by molar-refractivity contribution is 0.415. The van der Waals surface area contributed by atoms with E-state index in [2.05, 4.69) is 17.2 Å². The van der Waals surface area contributed by atoms with E-state index in [1.54, 1.807) is 7.11 Å². The first-order valence-electron chi connectivity index (χ1n) is 5.19. The fourth-order valence-corrected chi connectivity index (χ4v) is 1.78. The Balaban J connectivity index is 2.38. The van der Waals surface area contributed by atoms with Gasteiger partial charge in [-0.1, -0.05) is 0 Å². The molecule has 0 bridgehead atoms. The second-order valence-electron chi connectivity index (χ2n) is 3.62. The molecule has 2 rings (SSSR count). The van der Waals surface area contributed by atoms with Crippen molar-refractivity contribution in [2.75, 3.05) is 13.7 Å². The third kappa shape index (κ3) is 1.97. The van der Waals surface area contributed by atoms with Crippen LogP contribution >= 0.6 is 0 Å². The Morgan fingerprint density at radius 2 is 2.27 bits per heavy atom. The van der Waals surface area contributed by atoms with Gasteiger partial charge in [-0.15, -0.1) is 0 Å². The summed E-state index contributed by atoms with van der Waals surface area (Å²) in [5.41, 5.74) is 7.98. The van der Waals surface area contributed by atoms with Crippen LogP contribution in [0.1, 0.15) is 12.0 Å². The highest BCUT2D eigenvalue weighted by Crippen LogP contribution is 2.24. The van der Waals surface area contributed by atoms with Crippen molar-refractivity contribution in [2.45, 2.75) is 12.8 Å². The van der Waals surface area contributed by atoms with Crippen LogP contribution in [0.5, 0.6) is 5.75 Å². The summed E-state index contributed by atoms with van der Waals surface area (Å²) < 4.78 is 5.21. The zero-order chi connectivity index (χ0) is 10.7. The van der Waals surface area contributed by atoms with Crippen LogP contribution in [0.25, 0.3) is 10.9 Å². The lowest BCUT2D eigenvalue weighted by atomic mass is 10.1. The maximum absolute atomic E-state index is 5.51. The highest BCUT2D eigenvalue weighted by molar-refractivity contribution is 5.84. The van der Waals surface area contributed by atoms with Crippen molar-refractivity contribution in [3.05, 3.63) is 30.0 Å². The quantitative estimate of drug-likeness (QED) is 0.801. The summed E-state index contributed by atoms with van der Waals surface area (Å²) in [6, 6.07) is 6.07.